The van der Waals surface area contributed by atoms with E-state index in [1.807, 2.05) is 38.5 Å². The van der Waals surface area contributed by atoms with Gasteiger partial charge in [0, 0.05) is 50.3 Å². The Morgan fingerprint density at radius 1 is 0.396 bits per heavy atom. The topological polar surface area (TPSA) is 85.2 Å². The molecule has 4 saturated heterocycles. The van der Waals surface area contributed by atoms with E-state index in [-0.39, 0.29) is 22.3 Å². The van der Waals surface area contributed by atoms with Gasteiger partial charge in [0.05, 0.1) is 24.9 Å². The van der Waals surface area contributed by atoms with Crippen molar-refractivity contribution in [2.24, 2.45) is 84.7 Å². The van der Waals surface area contributed by atoms with Gasteiger partial charge in [0.25, 0.3) is 0 Å². The summed E-state index contributed by atoms with van der Waals surface area (Å²) in [5.41, 5.74) is 6.50. The van der Waals surface area contributed by atoms with E-state index < -0.39 is 5.60 Å². The lowest BCUT2D eigenvalue weighted by Crippen LogP contribution is -2.49. The molecule has 0 amide bonds. The van der Waals surface area contributed by atoms with E-state index in [1.54, 1.807) is 6.20 Å². The van der Waals surface area contributed by atoms with Crippen LogP contribution < -0.4 is 0 Å². The Kier molecular flexibility index (Phi) is 36.9. The zero-order valence-corrected chi connectivity index (χ0v) is 67.7. The van der Waals surface area contributed by atoms with Crippen molar-refractivity contribution in [2.45, 2.75) is 315 Å². The Morgan fingerprint density at radius 3 is 0.912 bits per heavy atom. The molecule has 0 spiro atoms. The molecule has 1 atom stereocenters. The number of pyridine rings is 2. The maximum atomic E-state index is 9.35. The average molecular weight is 1280 g/mol. The monoisotopic (exact) mass is 1280 g/mol. The van der Waals surface area contributed by atoms with Gasteiger partial charge in [0.1, 0.15) is 0 Å². The van der Waals surface area contributed by atoms with E-state index in [2.05, 4.69) is 272 Å². The molecule has 7 aliphatic rings. The van der Waals surface area contributed by atoms with Gasteiger partial charge in [-0.25, -0.2) is 0 Å². The summed E-state index contributed by atoms with van der Waals surface area (Å²) in [5.74, 6) is 6.43. The standard InChI is InChI=1S/C10H21N.C9H19N.2C9H13N.C8H17N.C8H16O.C8H18O.C8H16.C7H14O.C7H14/c1-10(2,3)9-5-7-11(4)8-6-9;1-9(2,3)8-5-6-10(4)7-8;1-9(2,3)8-4-6-10-7-5-8;1-9(2,3)8-5-4-6-10-7-8;1-8(2,3)7-5-9(4)6-7;1-8(2,3)6-4-7(9)5-6;1-7(2,3)6-8(4,5)9;1-8(2,3)7-5-4-6-7;1-7(2,3)6-4-8-5-6;1-7(2,3)6-4-5-6/h9H,5-8H2,1-4H3;8H,5-7H2,1-4H3;2*4-7H,1-3H3;7H,5-6H2,1-4H3;6-7,9H,4-5H2,1-3H3;9H,6H2,1-5H3;7H,4-6H2,1-3H3;6H,4-5H2,1-3H3;6H,4-5H2,1-3H3. The Labute approximate surface area is 570 Å². The highest BCUT2D eigenvalue weighted by Gasteiger charge is 2.37. The van der Waals surface area contributed by atoms with E-state index in [4.69, 9.17) is 9.84 Å². The fraction of sp³-hybridized carbons (Fsp3) is 0.880. The molecule has 91 heavy (non-hydrogen) atoms. The van der Waals surface area contributed by atoms with Gasteiger partial charge in [-0.2, -0.15) is 0 Å². The van der Waals surface area contributed by atoms with Crippen LogP contribution in [0.1, 0.15) is 303 Å². The molecule has 536 valence electrons. The minimum Gasteiger partial charge on any atom is -0.393 e. The molecule has 8 nitrogen and oxygen atoms in total. The van der Waals surface area contributed by atoms with Gasteiger partial charge in [-0.15, -0.1) is 0 Å². The lowest BCUT2D eigenvalue weighted by Gasteiger charge is -2.44. The van der Waals surface area contributed by atoms with Gasteiger partial charge < -0.3 is 29.6 Å². The predicted molar refractivity (Wildman–Crippen MR) is 402 cm³/mol. The molecule has 7 fully saturated rings. The van der Waals surface area contributed by atoms with Gasteiger partial charge in [0.15, 0.2) is 0 Å². The summed E-state index contributed by atoms with van der Waals surface area (Å²) in [4.78, 5) is 15.2. The molecule has 0 bridgehead atoms. The molecule has 1 unspecified atom stereocenters. The third kappa shape index (κ3) is 42.4. The summed E-state index contributed by atoms with van der Waals surface area (Å²) in [7, 11) is 6.62. The Balaban J connectivity index is 0.000000991. The van der Waals surface area contributed by atoms with Crippen LogP contribution in [0.4, 0.5) is 0 Å². The lowest BCUT2D eigenvalue weighted by molar-refractivity contribution is -0.0821. The molecule has 2 aromatic heterocycles. The minimum absolute atomic E-state index is 0.00854. The van der Waals surface area contributed by atoms with Crippen LogP contribution in [0.25, 0.3) is 0 Å². The number of aliphatic hydroxyl groups excluding tert-OH is 1. The van der Waals surface area contributed by atoms with Crippen molar-refractivity contribution in [3.05, 3.63) is 60.2 Å². The largest absolute Gasteiger partial charge is 0.393 e. The van der Waals surface area contributed by atoms with Gasteiger partial charge in [-0.1, -0.05) is 220 Å². The molecule has 2 aromatic rings. The van der Waals surface area contributed by atoms with E-state index in [0.717, 1.165) is 73.9 Å². The Hall–Kier alpha value is -1.94. The number of ether oxygens (including phenoxy) is 1. The minimum atomic E-state index is -0.516. The summed E-state index contributed by atoms with van der Waals surface area (Å²) in [5, 5.41) is 18.3. The lowest BCUT2D eigenvalue weighted by atomic mass is 9.67. The highest BCUT2D eigenvalue weighted by Crippen LogP contribution is 2.45. The molecule has 3 saturated carbocycles. The van der Waals surface area contributed by atoms with Gasteiger partial charge in [-0.3, -0.25) is 9.97 Å². The zero-order chi connectivity index (χ0) is 71.2. The van der Waals surface area contributed by atoms with Crippen LogP contribution in [-0.4, -0.2) is 120 Å². The molecule has 8 heteroatoms. The average Bonchev–Trinajstić information content (AvgIpc) is 1.75. The fourth-order valence-corrected chi connectivity index (χ4v) is 12.0. The molecule has 0 aromatic carbocycles. The smallest absolute Gasteiger partial charge is 0.0596 e. The number of rotatable bonds is 1. The molecular formula is C83H161N5O3. The van der Waals surface area contributed by atoms with Gasteiger partial charge >= 0.3 is 0 Å². The summed E-state index contributed by atoms with van der Waals surface area (Å²) >= 11 is 0. The fourth-order valence-electron chi connectivity index (χ4n) is 12.0. The van der Waals surface area contributed by atoms with Crippen LogP contribution in [0.2, 0.25) is 0 Å². The van der Waals surface area contributed by atoms with Gasteiger partial charge in [-0.05, 0) is 238 Å². The van der Waals surface area contributed by atoms with Crippen LogP contribution in [0, 0.1) is 84.7 Å². The highest BCUT2D eigenvalue weighted by molar-refractivity contribution is 5.19. The highest BCUT2D eigenvalue weighted by atomic mass is 16.5. The zero-order valence-electron chi connectivity index (χ0n) is 67.7. The summed E-state index contributed by atoms with van der Waals surface area (Å²) in [6.45, 7) is 81.6. The first kappa shape index (κ1) is 89.1. The maximum Gasteiger partial charge on any atom is 0.0596 e. The second-order valence-corrected chi connectivity index (χ2v) is 40.8. The van der Waals surface area contributed by atoms with Crippen molar-refractivity contribution >= 4 is 0 Å². The van der Waals surface area contributed by atoms with Gasteiger partial charge in [0.2, 0.25) is 0 Å². The Morgan fingerprint density at radius 2 is 0.758 bits per heavy atom. The first-order chi connectivity index (χ1) is 40.7. The van der Waals surface area contributed by atoms with Crippen LogP contribution in [0.5, 0.6) is 0 Å². The van der Waals surface area contributed by atoms with Crippen LogP contribution >= 0.6 is 0 Å². The molecule has 3 aliphatic carbocycles. The number of aliphatic hydroxyl groups is 2. The van der Waals surface area contributed by atoms with Crippen molar-refractivity contribution < 1.29 is 14.9 Å². The predicted octanol–water partition coefficient (Wildman–Crippen LogP) is 21.7. The van der Waals surface area contributed by atoms with E-state index in [9.17, 15) is 5.11 Å². The van der Waals surface area contributed by atoms with Crippen molar-refractivity contribution in [1.82, 2.24) is 24.7 Å². The van der Waals surface area contributed by atoms with E-state index >= 15 is 0 Å². The summed E-state index contributed by atoms with van der Waals surface area (Å²) < 4.78 is 5.06. The van der Waals surface area contributed by atoms with E-state index in [1.165, 1.54) is 102 Å². The van der Waals surface area contributed by atoms with Crippen LogP contribution in [0.15, 0.2) is 49.1 Å². The number of nitrogens with zero attached hydrogens (tertiary/aromatic N) is 5. The summed E-state index contributed by atoms with van der Waals surface area (Å²) in [6, 6.07) is 8.19. The van der Waals surface area contributed by atoms with Crippen molar-refractivity contribution in [3.63, 3.8) is 0 Å². The SMILES string of the molecule is CC(C)(C)C1CC(O)C1.CC(C)(C)C1CC1.CC(C)(C)C1CCC1.CC(C)(C)C1COC1.CC(C)(C)CC(C)(C)O.CC(C)(C)c1cccnc1.CC(C)(C)c1ccncc1.CN1CC(C(C)(C)C)C1.CN1CCC(C(C)(C)C)C1.CN1CCC(C(C)(C)C)CC1. The first-order valence-corrected chi connectivity index (χ1v) is 36.6. The van der Waals surface area contributed by atoms with Crippen molar-refractivity contribution in [1.29, 1.82) is 0 Å². The number of likely N-dealkylation sites (tertiary alicyclic amines) is 3. The quantitative estimate of drug-likeness (QED) is 0.292. The van der Waals surface area contributed by atoms with Crippen LogP contribution in [-0.2, 0) is 15.6 Å². The molecule has 9 rings (SSSR count). The van der Waals surface area contributed by atoms with Crippen LogP contribution in [0.3, 0.4) is 0 Å². The third-order valence-corrected chi connectivity index (χ3v) is 20.2. The molecular weight excluding hydrogens is 1110 g/mol. The Bertz CT molecular complexity index is 2020. The number of aromatic nitrogens is 2. The first-order valence-electron chi connectivity index (χ1n) is 36.6. The third-order valence-electron chi connectivity index (χ3n) is 20.2. The molecule has 4 aliphatic heterocycles. The van der Waals surface area contributed by atoms with E-state index in [0.29, 0.717) is 37.9 Å². The second-order valence-electron chi connectivity index (χ2n) is 40.8. The molecule has 0 radical (unpaired) electrons. The number of hydrogen-bond acceptors (Lipinski definition) is 8. The van der Waals surface area contributed by atoms with Crippen molar-refractivity contribution in [3.8, 4) is 0 Å². The number of hydrogen-bond donors (Lipinski definition) is 2. The second kappa shape index (κ2) is 37.7. The number of piperidine rings is 1. The normalized spacial score (nSPS) is 21.7. The molecule has 2 N–H and O–H groups in total. The summed E-state index contributed by atoms with van der Waals surface area (Å²) in [6.07, 6.45) is 21.8. The van der Waals surface area contributed by atoms with Crippen molar-refractivity contribution in [2.75, 3.05) is 73.6 Å². The molecule has 6 heterocycles. The maximum absolute atomic E-state index is 9.35.